The summed E-state index contributed by atoms with van der Waals surface area (Å²) in [5, 5.41) is 31.1. The van der Waals surface area contributed by atoms with E-state index in [0.29, 0.717) is 25.7 Å². The summed E-state index contributed by atoms with van der Waals surface area (Å²) >= 11 is 0. The maximum Gasteiger partial charge on any atom is 0.306 e. The molecule has 0 heterocycles. The summed E-state index contributed by atoms with van der Waals surface area (Å²) in [7, 11) is 0. The smallest absolute Gasteiger partial charge is 0.306 e. The summed E-state index contributed by atoms with van der Waals surface area (Å²) in [5.74, 6) is -0.408. The van der Waals surface area contributed by atoms with Gasteiger partial charge in [0.15, 0.2) is 0 Å². The highest BCUT2D eigenvalue weighted by atomic mass is 16.5. The topological polar surface area (TPSA) is 87.0 Å². The Morgan fingerprint density at radius 3 is 2.59 bits per heavy atom. The van der Waals surface area contributed by atoms with Crippen LogP contribution in [0.3, 0.4) is 0 Å². The molecule has 5 nitrogen and oxygen atoms in total. The van der Waals surface area contributed by atoms with Crippen molar-refractivity contribution in [3.8, 4) is 0 Å². The third-order valence-electron chi connectivity index (χ3n) is 5.97. The van der Waals surface area contributed by atoms with Gasteiger partial charge in [-0.3, -0.25) is 4.79 Å². The van der Waals surface area contributed by atoms with Crippen LogP contribution in [0.1, 0.15) is 64.4 Å². The quantitative estimate of drug-likeness (QED) is 0.239. The second-order valence-electron chi connectivity index (χ2n) is 9.08. The zero-order valence-electron chi connectivity index (χ0n) is 19.5. The van der Waals surface area contributed by atoms with Gasteiger partial charge < -0.3 is 20.1 Å². The van der Waals surface area contributed by atoms with Gasteiger partial charge in [-0.05, 0) is 63.9 Å². The van der Waals surface area contributed by atoms with Crippen molar-refractivity contribution >= 4 is 5.97 Å². The molecule has 1 aliphatic carbocycles. The maximum absolute atomic E-state index is 11.5. The van der Waals surface area contributed by atoms with Gasteiger partial charge in [-0.25, -0.2) is 0 Å². The lowest BCUT2D eigenvalue weighted by molar-refractivity contribution is -0.147. The van der Waals surface area contributed by atoms with E-state index in [1.807, 2.05) is 50.3 Å². The van der Waals surface area contributed by atoms with Crippen LogP contribution in [0.15, 0.2) is 54.6 Å². The molecule has 1 aromatic carbocycles. The predicted octanol–water partition coefficient (Wildman–Crippen LogP) is 4.35. The molecule has 178 valence electrons. The Labute approximate surface area is 192 Å². The first kappa shape index (κ1) is 26.3. The lowest BCUT2D eigenvalue weighted by Gasteiger charge is -2.19. The molecule has 3 N–H and O–H groups in total. The van der Waals surface area contributed by atoms with Crippen molar-refractivity contribution in [2.24, 2.45) is 11.8 Å². The second-order valence-corrected chi connectivity index (χ2v) is 9.08. The number of carbonyl (C=O) groups is 1. The molecule has 0 saturated heterocycles. The summed E-state index contributed by atoms with van der Waals surface area (Å²) in [6.07, 6.45) is 11.3. The number of carbonyl (C=O) groups excluding carboxylic acids is 1. The van der Waals surface area contributed by atoms with Crippen molar-refractivity contribution < 1.29 is 24.9 Å². The predicted molar refractivity (Wildman–Crippen MR) is 127 cm³/mol. The number of aliphatic hydroxyl groups excluding tert-OH is 3. The largest absolute Gasteiger partial charge is 0.463 e. The first-order valence-corrected chi connectivity index (χ1v) is 12.0. The highest BCUT2D eigenvalue weighted by Gasteiger charge is 2.39. The number of esters is 1. The average molecular weight is 445 g/mol. The maximum atomic E-state index is 11.5. The molecule has 2 rings (SSSR count). The lowest BCUT2D eigenvalue weighted by Crippen LogP contribution is -2.20. The van der Waals surface area contributed by atoms with Crippen molar-refractivity contribution in [2.45, 2.75) is 89.6 Å². The van der Waals surface area contributed by atoms with Crippen LogP contribution in [-0.4, -0.2) is 45.7 Å². The van der Waals surface area contributed by atoms with Gasteiger partial charge >= 0.3 is 5.97 Å². The standard InChI is InChI=1S/C27H40O5/c1-20(2)32-27(31)16-9-4-3-8-15-23-24(26(30)19-25(23)29)18-17-22(28)14-10-13-21-11-6-5-7-12-21/h3,5-8,11-12,17-18,20,22-26,28-30H,4,9-10,13-16,19H2,1-2H3/b8-3-,18-17+. The van der Waals surface area contributed by atoms with Crippen molar-refractivity contribution in [3.05, 3.63) is 60.2 Å². The van der Waals surface area contributed by atoms with E-state index in [-0.39, 0.29) is 23.9 Å². The van der Waals surface area contributed by atoms with Crippen molar-refractivity contribution in [3.63, 3.8) is 0 Å². The van der Waals surface area contributed by atoms with Gasteiger partial charge in [-0.1, -0.05) is 54.6 Å². The molecule has 0 radical (unpaired) electrons. The van der Waals surface area contributed by atoms with Crippen LogP contribution in [0.2, 0.25) is 0 Å². The number of hydrogen-bond acceptors (Lipinski definition) is 5. The number of ether oxygens (including phenoxy) is 1. The van der Waals surface area contributed by atoms with E-state index in [2.05, 4.69) is 12.1 Å². The van der Waals surface area contributed by atoms with E-state index in [9.17, 15) is 20.1 Å². The highest BCUT2D eigenvalue weighted by molar-refractivity contribution is 5.69. The van der Waals surface area contributed by atoms with Crippen LogP contribution in [-0.2, 0) is 16.0 Å². The van der Waals surface area contributed by atoms with Gasteiger partial charge in [-0.2, -0.15) is 0 Å². The number of unbranched alkanes of at least 4 members (excludes halogenated alkanes) is 1. The molecule has 0 amide bonds. The second kappa shape index (κ2) is 14.2. The number of aryl methyl sites for hydroxylation is 1. The summed E-state index contributed by atoms with van der Waals surface area (Å²) in [6.45, 7) is 3.68. The summed E-state index contributed by atoms with van der Waals surface area (Å²) in [4.78, 5) is 11.5. The van der Waals surface area contributed by atoms with Crippen LogP contribution in [0, 0.1) is 11.8 Å². The van der Waals surface area contributed by atoms with Gasteiger partial charge in [-0.15, -0.1) is 0 Å². The van der Waals surface area contributed by atoms with E-state index in [4.69, 9.17) is 4.74 Å². The van der Waals surface area contributed by atoms with Crippen molar-refractivity contribution in [2.75, 3.05) is 0 Å². The first-order valence-electron chi connectivity index (χ1n) is 12.0. The third-order valence-corrected chi connectivity index (χ3v) is 5.97. The molecule has 32 heavy (non-hydrogen) atoms. The van der Waals surface area contributed by atoms with Gasteiger partial charge in [0.2, 0.25) is 0 Å². The molecule has 1 aliphatic rings. The lowest BCUT2D eigenvalue weighted by atomic mass is 9.89. The molecule has 0 aromatic heterocycles. The summed E-state index contributed by atoms with van der Waals surface area (Å²) in [5.41, 5.74) is 1.27. The van der Waals surface area contributed by atoms with E-state index >= 15 is 0 Å². The number of aliphatic hydroxyl groups is 3. The molecule has 1 aromatic rings. The van der Waals surface area contributed by atoms with Crippen LogP contribution < -0.4 is 0 Å². The Hall–Kier alpha value is -1.95. The van der Waals surface area contributed by atoms with Crippen LogP contribution >= 0.6 is 0 Å². The zero-order chi connectivity index (χ0) is 23.3. The summed E-state index contributed by atoms with van der Waals surface area (Å²) in [6, 6.07) is 10.2. The average Bonchev–Trinajstić information content (AvgIpc) is 3.01. The fourth-order valence-electron chi connectivity index (χ4n) is 4.28. The van der Waals surface area contributed by atoms with Crippen molar-refractivity contribution in [1.82, 2.24) is 0 Å². The van der Waals surface area contributed by atoms with Crippen LogP contribution in [0.4, 0.5) is 0 Å². The monoisotopic (exact) mass is 444 g/mol. The van der Waals surface area contributed by atoms with E-state index in [1.165, 1.54) is 5.56 Å². The zero-order valence-corrected chi connectivity index (χ0v) is 19.5. The minimum atomic E-state index is -0.595. The van der Waals surface area contributed by atoms with Crippen LogP contribution in [0.25, 0.3) is 0 Å². The van der Waals surface area contributed by atoms with E-state index in [0.717, 1.165) is 25.7 Å². The molecule has 5 atom stereocenters. The number of hydrogen-bond donors (Lipinski definition) is 3. The van der Waals surface area contributed by atoms with Gasteiger partial charge in [0.1, 0.15) is 0 Å². The van der Waals surface area contributed by atoms with Crippen molar-refractivity contribution in [1.29, 1.82) is 0 Å². The first-order chi connectivity index (χ1) is 15.4. The highest BCUT2D eigenvalue weighted by Crippen LogP contribution is 2.36. The Bertz CT molecular complexity index is 712. The molecule has 5 heteroatoms. The normalized spacial score (nSPS) is 24.6. The van der Waals surface area contributed by atoms with Gasteiger partial charge in [0.05, 0.1) is 24.4 Å². The molecular formula is C27H40O5. The SMILES string of the molecule is CC(C)OC(=O)CCC/C=C\CC1C(O)CC(O)C1/C=C/C(O)CCCc1ccccc1. The van der Waals surface area contributed by atoms with E-state index in [1.54, 1.807) is 6.08 Å². The van der Waals surface area contributed by atoms with Gasteiger partial charge in [0.25, 0.3) is 0 Å². The molecule has 1 saturated carbocycles. The van der Waals surface area contributed by atoms with Gasteiger partial charge in [0, 0.05) is 18.8 Å². The fourth-order valence-corrected chi connectivity index (χ4v) is 4.28. The number of allylic oxidation sites excluding steroid dienone is 2. The summed E-state index contributed by atoms with van der Waals surface area (Å²) < 4.78 is 5.12. The number of rotatable bonds is 13. The van der Waals surface area contributed by atoms with E-state index < -0.39 is 18.3 Å². The Balaban J connectivity index is 1.73. The molecule has 5 unspecified atom stereocenters. The fraction of sp³-hybridized carbons (Fsp3) is 0.593. The Kier molecular flexibility index (Phi) is 11.7. The number of benzene rings is 1. The minimum absolute atomic E-state index is 0.0695. The molecular weight excluding hydrogens is 404 g/mol. The third kappa shape index (κ3) is 9.68. The molecule has 0 spiro atoms. The molecule has 1 fully saturated rings. The minimum Gasteiger partial charge on any atom is -0.463 e. The Morgan fingerprint density at radius 2 is 1.88 bits per heavy atom. The molecule has 0 aliphatic heterocycles. The Morgan fingerprint density at radius 1 is 1.12 bits per heavy atom. The van der Waals surface area contributed by atoms with Crippen LogP contribution in [0.5, 0.6) is 0 Å². The molecule has 0 bridgehead atoms.